The van der Waals surface area contributed by atoms with Gasteiger partial charge in [-0.1, -0.05) is 6.07 Å². The first kappa shape index (κ1) is 23.5. The minimum absolute atomic E-state index is 0.0535. The summed E-state index contributed by atoms with van der Waals surface area (Å²) in [5, 5.41) is 6.68. The van der Waals surface area contributed by atoms with Crippen molar-refractivity contribution in [1.82, 2.24) is 14.5 Å². The second kappa shape index (κ2) is 8.75. The first-order valence-electron chi connectivity index (χ1n) is 9.54. The third-order valence-corrected chi connectivity index (χ3v) is 6.16. The van der Waals surface area contributed by atoms with Crippen LogP contribution in [0.3, 0.4) is 0 Å². The molecule has 0 atom stereocenters. The van der Waals surface area contributed by atoms with Gasteiger partial charge in [0, 0.05) is 11.7 Å². The average Bonchev–Trinajstić information content (AvgIpc) is 3.08. The zero-order chi connectivity index (χ0) is 23.7. The smallest absolute Gasteiger partial charge is 0.322 e. The molecule has 1 aromatic heterocycles. The van der Waals surface area contributed by atoms with Crippen molar-refractivity contribution < 1.29 is 26.4 Å². The Morgan fingerprint density at radius 1 is 1.09 bits per heavy atom. The molecule has 0 fully saturated rings. The normalized spacial score (nSPS) is 12.2. The molecule has 2 N–H and O–H groups in total. The minimum atomic E-state index is -4.50. The minimum Gasteiger partial charge on any atom is -0.322 e. The molecule has 0 aliphatic carbocycles. The van der Waals surface area contributed by atoms with Crippen LogP contribution in [0.25, 0.3) is 5.69 Å². The van der Waals surface area contributed by atoms with Gasteiger partial charge in [-0.2, -0.15) is 18.3 Å². The van der Waals surface area contributed by atoms with E-state index in [4.69, 9.17) is 0 Å². The van der Waals surface area contributed by atoms with Crippen LogP contribution in [0.2, 0.25) is 0 Å². The van der Waals surface area contributed by atoms with Crippen molar-refractivity contribution in [2.24, 2.45) is 0 Å². The molecule has 7 nitrogen and oxygen atoms in total. The van der Waals surface area contributed by atoms with Crippen LogP contribution < -0.4 is 10.0 Å². The Bertz CT molecular complexity index is 1230. The van der Waals surface area contributed by atoms with Crippen molar-refractivity contribution in [3.05, 3.63) is 71.5 Å². The molecular formula is C21H21F3N4O3S. The van der Waals surface area contributed by atoms with Gasteiger partial charge in [-0.3, -0.25) is 4.79 Å². The van der Waals surface area contributed by atoms with Crippen LogP contribution in [0.5, 0.6) is 0 Å². The van der Waals surface area contributed by atoms with Crippen molar-refractivity contribution in [2.75, 3.05) is 5.32 Å². The van der Waals surface area contributed by atoms with Gasteiger partial charge in [0.15, 0.2) is 0 Å². The van der Waals surface area contributed by atoms with Crippen LogP contribution in [0.15, 0.2) is 59.6 Å². The lowest BCUT2D eigenvalue weighted by Gasteiger charge is -2.11. The van der Waals surface area contributed by atoms with E-state index in [1.165, 1.54) is 47.3 Å². The summed E-state index contributed by atoms with van der Waals surface area (Å²) in [5.41, 5.74) is 0.217. The molecule has 0 aliphatic heterocycles. The fourth-order valence-electron chi connectivity index (χ4n) is 3.00. The van der Waals surface area contributed by atoms with E-state index < -0.39 is 27.7 Å². The summed E-state index contributed by atoms with van der Waals surface area (Å²) in [6, 6.07) is 9.97. The van der Waals surface area contributed by atoms with Gasteiger partial charge in [0.25, 0.3) is 5.91 Å². The number of anilines is 1. The van der Waals surface area contributed by atoms with Crippen LogP contribution in [-0.2, 0) is 16.2 Å². The second-order valence-corrected chi connectivity index (χ2v) is 9.07. The zero-order valence-corrected chi connectivity index (χ0v) is 18.3. The Labute approximate surface area is 183 Å². The number of sulfonamides is 1. The number of carbonyl (C=O) groups is 1. The quantitative estimate of drug-likeness (QED) is 0.571. The summed E-state index contributed by atoms with van der Waals surface area (Å²) in [6.07, 6.45) is -3.24. The molecule has 1 heterocycles. The standard InChI is InChI=1S/C21H21F3N4O3S/c1-13(2)27-32(30,31)18-9-7-16(8-10-18)26-20(29)19-12-25-28(14(19)3)17-6-4-5-15(11-17)21(22,23)24/h4-13,27H,1-3H3,(H,26,29). The second-order valence-electron chi connectivity index (χ2n) is 7.36. The van der Waals surface area contributed by atoms with Gasteiger partial charge in [-0.25, -0.2) is 17.8 Å². The van der Waals surface area contributed by atoms with E-state index >= 15 is 0 Å². The number of hydrogen-bond donors (Lipinski definition) is 2. The van der Waals surface area contributed by atoms with Gasteiger partial charge >= 0.3 is 6.18 Å². The molecule has 170 valence electrons. The number of halogens is 3. The van der Waals surface area contributed by atoms with Crippen molar-refractivity contribution in [1.29, 1.82) is 0 Å². The highest BCUT2D eigenvalue weighted by Crippen LogP contribution is 2.30. The molecule has 0 saturated carbocycles. The van der Waals surface area contributed by atoms with Crippen molar-refractivity contribution >= 4 is 21.6 Å². The fourth-order valence-corrected chi connectivity index (χ4v) is 4.25. The van der Waals surface area contributed by atoms with Crippen LogP contribution in [0, 0.1) is 6.92 Å². The maximum atomic E-state index is 13.0. The highest BCUT2D eigenvalue weighted by atomic mass is 32.2. The summed E-state index contributed by atoms with van der Waals surface area (Å²) < 4.78 is 67.0. The molecule has 32 heavy (non-hydrogen) atoms. The highest BCUT2D eigenvalue weighted by molar-refractivity contribution is 7.89. The third-order valence-electron chi connectivity index (χ3n) is 4.49. The molecule has 3 aromatic rings. The molecule has 0 aliphatic rings. The maximum absolute atomic E-state index is 13.0. The van der Waals surface area contributed by atoms with E-state index in [-0.39, 0.29) is 22.2 Å². The van der Waals surface area contributed by atoms with E-state index in [2.05, 4.69) is 15.1 Å². The van der Waals surface area contributed by atoms with Gasteiger partial charge in [-0.15, -0.1) is 0 Å². The molecule has 11 heteroatoms. The summed E-state index contributed by atoms with van der Waals surface area (Å²) in [5.74, 6) is -0.531. The number of alkyl halides is 3. The first-order chi connectivity index (χ1) is 14.9. The van der Waals surface area contributed by atoms with Crippen LogP contribution in [0.4, 0.5) is 18.9 Å². The monoisotopic (exact) mass is 466 g/mol. The lowest BCUT2D eigenvalue weighted by Crippen LogP contribution is -2.30. The number of carbonyl (C=O) groups excluding carboxylic acids is 1. The summed E-state index contributed by atoms with van der Waals surface area (Å²) in [6.45, 7) is 4.97. The molecular weight excluding hydrogens is 445 g/mol. The van der Waals surface area contributed by atoms with Gasteiger partial charge in [0.05, 0.1) is 33.6 Å². The first-order valence-corrected chi connectivity index (χ1v) is 11.0. The van der Waals surface area contributed by atoms with E-state index in [0.29, 0.717) is 11.4 Å². The Hall–Kier alpha value is -3.18. The summed E-state index contributed by atoms with van der Waals surface area (Å²) in [7, 11) is -3.66. The molecule has 3 rings (SSSR count). The largest absolute Gasteiger partial charge is 0.416 e. The van der Waals surface area contributed by atoms with Crippen molar-refractivity contribution in [3.8, 4) is 5.69 Å². The average molecular weight is 466 g/mol. The Kier molecular flexibility index (Phi) is 6.42. The van der Waals surface area contributed by atoms with E-state index in [1.54, 1.807) is 20.8 Å². The van der Waals surface area contributed by atoms with Gasteiger partial charge in [0.2, 0.25) is 10.0 Å². The SMILES string of the molecule is Cc1c(C(=O)Nc2ccc(S(=O)(=O)NC(C)C)cc2)cnn1-c1cccc(C(F)(F)F)c1. The number of rotatable bonds is 6. The number of hydrogen-bond acceptors (Lipinski definition) is 4. The number of nitrogens with one attached hydrogen (secondary N) is 2. The Morgan fingerprint density at radius 3 is 2.34 bits per heavy atom. The predicted octanol–water partition coefficient (Wildman–Crippen LogP) is 4.14. The number of aromatic nitrogens is 2. The summed E-state index contributed by atoms with van der Waals surface area (Å²) >= 11 is 0. The van der Waals surface area contributed by atoms with Gasteiger partial charge in [0.1, 0.15) is 0 Å². The Morgan fingerprint density at radius 2 is 1.75 bits per heavy atom. The fraction of sp³-hybridized carbons (Fsp3) is 0.238. The number of amides is 1. The van der Waals surface area contributed by atoms with E-state index in [1.807, 2.05) is 0 Å². The Balaban J connectivity index is 1.80. The van der Waals surface area contributed by atoms with Gasteiger partial charge < -0.3 is 5.32 Å². The van der Waals surface area contributed by atoms with Crippen LogP contribution in [-0.4, -0.2) is 30.1 Å². The van der Waals surface area contributed by atoms with E-state index in [9.17, 15) is 26.4 Å². The van der Waals surface area contributed by atoms with Crippen LogP contribution in [0.1, 0.15) is 35.5 Å². The van der Waals surface area contributed by atoms with Crippen molar-refractivity contribution in [2.45, 2.75) is 37.9 Å². The number of benzene rings is 2. The molecule has 0 bridgehead atoms. The summed E-state index contributed by atoms with van der Waals surface area (Å²) in [4.78, 5) is 12.7. The lowest BCUT2D eigenvalue weighted by molar-refractivity contribution is -0.137. The molecule has 0 unspecified atom stereocenters. The van der Waals surface area contributed by atoms with E-state index in [0.717, 1.165) is 12.1 Å². The zero-order valence-electron chi connectivity index (χ0n) is 17.4. The number of nitrogens with zero attached hydrogens (tertiary/aromatic N) is 2. The third kappa shape index (κ3) is 5.17. The lowest BCUT2D eigenvalue weighted by atomic mass is 10.2. The predicted molar refractivity (Wildman–Crippen MR) is 113 cm³/mol. The maximum Gasteiger partial charge on any atom is 0.416 e. The molecule has 0 saturated heterocycles. The van der Waals surface area contributed by atoms with Crippen molar-refractivity contribution in [3.63, 3.8) is 0 Å². The highest BCUT2D eigenvalue weighted by Gasteiger charge is 2.30. The van der Waals surface area contributed by atoms with Crippen LogP contribution >= 0.6 is 0 Å². The molecule has 1 amide bonds. The molecule has 2 aromatic carbocycles. The topological polar surface area (TPSA) is 93.1 Å². The molecule has 0 spiro atoms. The van der Waals surface area contributed by atoms with Gasteiger partial charge in [-0.05, 0) is 63.2 Å². The molecule has 0 radical (unpaired) electrons.